The molecule has 1 aromatic rings. The van der Waals surface area contributed by atoms with E-state index >= 15 is 0 Å². The van der Waals surface area contributed by atoms with Gasteiger partial charge in [-0.1, -0.05) is 43.8 Å². The molecule has 2 aliphatic rings. The number of hydrogen-bond donors (Lipinski definition) is 7. The Morgan fingerprint density at radius 3 is 2.17 bits per heavy atom. The monoisotopic (exact) mass is 496 g/mol. The zero-order valence-corrected chi connectivity index (χ0v) is 18.8. The van der Waals surface area contributed by atoms with Crippen LogP contribution >= 0.6 is 0 Å². The number of carboxylic acid groups (broad SMARTS) is 3. The van der Waals surface area contributed by atoms with Gasteiger partial charge < -0.3 is 45.2 Å². The summed E-state index contributed by atoms with van der Waals surface area (Å²) in [7, 11) is 0. The lowest BCUT2D eigenvalue weighted by molar-refractivity contribution is -0.374. The van der Waals surface area contributed by atoms with Gasteiger partial charge in [-0.15, -0.1) is 0 Å². The summed E-state index contributed by atoms with van der Waals surface area (Å²) in [5.41, 5.74) is -6.07. The third kappa shape index (κ3) is 4.01. The van der Waals surface area contributed by atoms with Gasteiger partial charge in [0.2, 0.25) is 17.3 Å². The van der Waals surface area contributed by atoms with Gasteiger partial charge in [-0.05, 0) is 29.9 Å². The highest BCUT2D eigenvalue weighted by molar-refractivity contribution is 5.97. The Hall–Kier alpha value is -2.87. The van der Waals surface area contributed by atoms with Crippen molar-refractivity contribution in [3.8, 4) is 0 Å². The van der Waals surface area contributed by atoms with Gasteiger partial charge in [-0.3, -0.25) is 0 Å². The largest absolute Gasteiger partial charge is 0.479 e. The van der Waals surface area contributed by atoms with Crippen molar-refractivity contribution < 1.29 is 59.6 Å². The standard InChI is InChI=1S/C23H28O12/c1-11(14(24)12(2)10-13-6-4-3-5-7-13)8-9-21-15(25)16(26)23(35-21,20(31)32)22(33,19(29)30)17(34-21)18(27)28/h3-7,12,14-17,24-26,33H,1,8-10H2,2H3,(H,27,28)(H,29,30)(H,31,32)/t12?,14?,15-,16-,17-,21+,22-,23+/m1/s1. The second kappa shape index (κ2) is 9.30. The maximum Gasteiger partial charge on any atom is 0.343 e. The first kappa shape index (κ1) is 26.7. The Morgan fingerprint density at radius 1 is 1.06 bits per heavy atom. The van der Waals surface area contributed by atoms with Crippen LogP contribution in [-0.4, -0.2) is 95.1 Å². The summed E-state index contributed by atoms with van der Waals surface area (Å²) in [5.74, 6) is -9.43. The van der Waals surface area contributed by atoms with E-state index in [-0.39, 0.29) is 17.9 Å². The van der Waals surface area contributed by atoms with E-state index in [0.29, 0.717) is 6.42 Å². The number of hydrogen-bond acceptors (Lipinski definition) is 9. The lowest BCUT2D eigenvalue weighted by atomic mass is 9.74. The minimum Gasteiger partial charge on any atom is -0.479 e. The molecule has 192 valence electrons. The quantitative estimate of drug-likeness (QED) is 0.197. The topological polar surface area (TPSA) is 211 Å². The van der Waals surface area contributed by atoms with Gasteiger partial charge in [0.25, 0.3) is 0 Å². The van der Waals surface area contributed by atoms with Gasteiger partial charge in [-0.2, -0.15) is 0 Å². The van der Waals surface area contributed by atoms with E-state index in [0.717, 1.165) is 5.56 Å². The number of aliphatic carboxylic acids is 3. The molecule has 12 nitrogen and oxygen atoms in total. The molecule has 2 saturated heterocycles. The number of aliphatic hydroxyl groups is 4. The van der Waals surface area contributed by atoms with Crippen LogP contribution in [0.5, 0.6) is 0 Å². The molecule has 2 unspecified atom stereocenters. The van der Waals surface area contributed by atoms with E-state index in [9.17, 15) is 50.1 Å². The number of benzene rings is 1. The van der Waals surface area contributed by atoms with Crippen molar-refractivity contribution in [1.82, 2.24) is 0 Å². The molecule has 2 aliphatic heterocycles. The third-order valence-electron chi connectivity index (χ3n) is 6.78. The molecule has 1 aromatic carbocycles. The van der Waals surface area contributed by atoms with Crippen LogP contribution in [0.1, 0.15) is 25.3 Å². The Labute approximate surface area is 199 Å². The zero-order chi connectivity index (χ0) is 26.3. The van der Waals surface area contributed by atoms with E-state index in [1.165, 1.54) is 0 Å². The predicted molar refractivity (Wildman–Crippen MR) is 115 cm³/mol. The summed E-state index contributed by atoms with van der Waals surface area (Å²) in [6.45, 7) is 5.58. The molecule has 0 saturated carbocycles. The molecule has 0 spiro atoms. The van der Waals surface area contributed by atoms with E-state index < -0.39 is 65.7 Å². The average molecular weight is 496 g/mol. The van der Waals surface area contributed by atoms with E-state index in [1.54, 1.807) is 6.92 Å². The Bertz CT molecular complexity index is 1010. The number of fused-ring (bicyclic) bond motifs is 2. The minimum absolute atomic E-state index is 0.183. The second-order valence-corrected chi connectivity index (χ2v) is 9.02. The number of rotatable bonds is 10. The first-order chi connectivity index (χ1) is 16.2. The molecule has 2 bridgehead atoms. The number of carbonyl (C=O) groups is 3. The van der Waals surface area contributed by atoms with Gasteiger partial charge in [-0.25, -0.2) is 14.4 Å². The highest BCUT2D eigenvalue weighted by Crippen LogP contribution is 2.54. The Balaban J connectivity index is 1.87. The predicted octanol–water partition coefficient (Wildman–Crippen LogP) is -0.867. The van der Waals surface area contributed by atoms with Crippen molar-refractivity contribution in [3.63, 3.8) is 0 Å². The van der Waals surface area contributed by atoms with Crippen molar-refractivity contribution in [2.75, 3.05) is 0 Å². The van der Waals surface area contributed by atoms with Crippen LogP contribution in [0.3, 0.4) is 0 Å². The molecule has 12 heteroatoms. The minimum atomic E-state index is -3.79. The Kier molecular flexibility index (Phi) is 7.10. The molecule has 35 heavy (non-hydrogen) atoms. The highest BCUT2D eigenvalue weighted by atomic mass is 16.8. The fourth-order valence-corrected chi connectivity index (χ4v) is 4.81. The molecule has 0 radical (unpaired) electrons. The van der Waals surface area contributed by atoms with Gasteiger partial charge in [0.05, 0.1) is 6.10 Å². The first-order valence-electron chi connectivity index (χ1n) is 10.8. The lowest BCUT2D eigenvalue weighted by Crippen LogP contribution is -2.77. The maximum atomic E-state index is 12.1. The molecule has 2 fully saturated rings. The van der Waals surface area contributed by atoms with Crippen LogP contribution in [0.25, 0.3) is 0 Å². The first-order valence-corrected chi connectivity index (χ1v) is 10.8. The zero-order valence-electron chi connectivity index (χ0n) is 18.8. The average Bonchev–Trinajstić information content (AvgIpc) is 3.00. The highest BCUT2D eigenvalue weighted by Gasteiger charge is 2.84. The molecular formula is C23H28O12. The van der Waals surface area contributed by atoms with Crippen molar-refractivity contribution >= 4 is 17.9 Å². The summed E-state index contributed by atoms with van der Waals surface area (Å²) < 4.78 is 10.5. The smallest absolute Gasteiger partial charge is 0.343 e. The summed E-state index contributed by atoms with van der Waals surface area (Å²) in [5, 5.41) is 71.4. The van der Waals surface area contributed by atoms with Crippen LogP contribution in [0.4, 0.5) is 0 Å². The van der Waals surface area contributed by atoms with Crippen LogP contribution in [0.2, 0.25) is 0 Å². The molecule has 0 aliphatic carbocycles. The van der Waals surface area contributed by atoms with E-state index in [2.05, 4.69) is 6.58 Å². The van der Waals surface area contributed by atoms with Crippen LogP contribution in [0.15, 0.2) is 42.5 Å². The summed E-state index contributed by atoms with van der Waals surface area (Å²) in [6, 6.07) is 9.30. The van der Waals surface area contributed by atoms with Crippen LogP contribution < -0.4 is 0 Å². The van der Waals surface area contributed by atoms with E-state index in [4.69, 9.17) is 9.47 Å². The van der Waals surface area contributed by atoms with Crippen molar-refractivity contribution in [2.45, 2.75) is 67.6 Å². The summed E-state index contributed by atoms with van der Waals surface area (Å²) >= 11 is 0. The molecule has 0 aromatic heterocycles. The van der Waals surface area contributed by atoms with Gasteiger partial charge in [0, 0.05) is 6.42 Å². The number of ether oxygens (including phenoxy) is 2. The van der Waals surface area contributed by atoms with Gasteiger partial charge >= 0.3 is 17.9 Å². The molecular weight excluding hydrogens is 468 g/mol. The Morgan fingerprint density at radius 2 is 1.66 bits per heavy atom. The third-order valence-corrected chi connectivity index (χ3v) is 6.78. The molecule has 3 rings (SSSR count). The fraction of sp³-hybridized carbons (Fsp3) is 0.522. The van der Waals surface area contributed by atoms with Crippen molar-refractivity contribution in [2.24, 2.45) is 5.92 Å². The molecule has 7 N–H and O–H groups in total. The van der Waals surface area contributed by atoms with Crippen LogP contribution in [-0.2, 0) is 30.3 Å². The van der Waals surface area contributed by atoms with Gasteiger partial charge in [0.1, 0.15) is 12.2 Å². The number of carboxylic acids is 3. The SMILES string of the molecule is C=C(CC[C@]12O[C@H](C(=O)O)[C@@](O)(C(=O)O)[C@](C(=O)O)(O1)[C@H](O)[C@H]2O)C(O)C(C)Cc1ccccc1. The van der Waals surface area contributed by atoms with Crippen molar-refractivity contribution in [3.05, 3.63) is 48.0 Å². The van der Waals surface area contributed by atoms with Crippen LogP contribution in [0, 0.1) is 5.92 Å². The molecule has 8 atom stereocenters. The fourth-order valence-electron chi connectivity index (χ4n) is 4.81. The molecule has 0 amide bonds. The summed E-state index contributed by atoms with van der Waals surface area (Å²) in [4.78, 5) is 35.8. The van der Waals surface area contributed by atoms with Gasteiger partial charge in [0.15, 0.2) is 5.79 Å². The second-order valence-electron chi connectivity index (χ2n) is 9.02. The number of aliphatic hydroxyl groups excluding tert-OH is 3. The maximum absolute atomic E-state index is 12.1. The van der Waals surface area contributed by atoms with E-state index in [1.807, 2.05) is 30.3 Å². The molecule has 2 heterocycles. The lowest BCUT2D eigenvalue weighted by Gasteiger charge is -2.48. The summed E-state index contributed by atoms with van der Waals surface area (Å²) in [6.07, 6.45) is -8.79. The van der Waals surface area contributed by atoms with Crippen molar-refractivity contribution in [1.29, 1.82) is 0 Å². The normalized spacial score (nSPS) is 35.7.